The molecule has 1 atom stereocenters. The highest BCUT2D eigenvalue weighted by atomic mass is 32.2. The van der Waals surface area contributed by atoms with Crippen LogP contribution in [0.25, 0.3) is 16.8 Å². The lowest BCUT2D eigenvalue weighted by Crippen LogP contribution is -2.40. The van der Waals surface area contributed by atoms with Crippen molar-refractivity contribution < 1.29 is 19.2 Å². The van der Waals surface area contributed by atoms with E-state index in [4.69, 9.17) is 14.5 Å². The van der Waals surface area contributed by atoms with Crippen molar-refractivity contribution in [3.05, 3.63) is 125 Å². The van der Waals surface area contributed by atoms with Gasteiger partial charge in [-0.1, -0.05) is 61.1 Å². The van der Waals surface area contributed by atoms with Crippen LogP contribution in [0.4, 0.5) is 5.69 Å². The molecule has 3 heterocycles. The molecule has 0 saturated heterocycles. The number of thiazole rings is 1. The Morgan fingerprint density at radius 1 is 1.11 bits per heavy atom. The highest BCUT2D eigenvalue weighted by Gasteiger charge is 2.37. The second-order valence-corrected chi connectivity index (χ2v) is 12.5. The SMILES string of the molecule is CCCC1=C(C(=O)OCC)[C@H](c2c(OC)ccc3ccccc23)n2c(s/c(=C/c3ccc(Sc4ncccn4)c([N+](=O)[O-])c3)c2=O)=N1. The lowest BCUT2D eigenvalue weighted by Gasteiger charge is -2.28. The molecule has 0 saturated carbocycles. The van der Waals surface area contributed by atoms with E-state index in [1.54, 1.807) is 50.7 Å². The molecule has 6 rings (SSSR count). The number of allylic oxidation sites excluding steroid dienone is 1. The Hall–Kier alpha value is -5.14. The Kier molecular flexibility index (Phi) is 9.27. The smallest absolute Gasteiger partial charge is 0.338 e. The number of hydrogen-bond donors (Lipinski definition) is 0. The van der Waals surface area contributed by atoms with Gasteiger partial charge in [0.1, 0.15) is 11.8 Å². The average molecular weight is 668 g/mol. The topological polar surface area (TPSA) is 139 Å². The van der Waals surface area contributed by atoms with Gasteiger partial charge in [-0.3, -0.25) is 19.5 Å². The zero-order valence-electron chi connectivity index (χ0n) is 25.7. The molecule has 3 aromatic carbocycles. The van der Waals surface area contributed by atoms with Crippen molar-refractivity contribution in [3.63, 3.8) is 0 Å². The number of methoxy groups -OCH3 is 1. The molecular weight excluding hydrogens is 639 g/mol. The Balaban J connectivity index is 1.58. The minimum absolute atomic E-state index is 0.142. The van der Waals surface area contributed by atoms with E-state index in [0.29, 0.717) is 54.8 Å². The molecule has 0 N–H and O–H groups in total. The van der Waals surface area contributed by atoms with Gasteiger partial charge in [-0.25, -0.2) is 19.8 Å². The maximum Gasteiger partial charge on any atom is 0.338 e. The molecule has 1 aliphatic rings. The fourth-order valence-electron chi connectivity index (χ4n) is 5.57. The molecule has 0 fully saturated rings. The van der Waals surface area contributed by atoms with Crippen molar-refractivity contribution in [2.45, 2.75) is 42.8 Å². The Bertz CT molecular complexity index is 2230. The van der Waals surface area contributed by atoms with Crippen molar-refractivity contribution in [3.8, 4) is 5.75 Å². The first-order chi connectivity index (χ1) is 22.8. The fourth-order valence-corrected chi connectivity index (χ4v) is 7.39. The molecule has 2 aromatic heterocycles. The monoisotopic (exact) mass is 667 g/mol. The van der Waals surface area contributed by atoms with Crippen LogP contribution >= 0.6 is 23.1 Å². The number of esters is 1. The third-order valence-electron chi connectivity index (χ3n) is 7.54. The number of nitro benzene ring substituents is 1. The molecule has 13 heteroatoms. The normalized spacial score (nSPS) is 14.5. The van der Waals surface area contributed by atoms with Crippen LogP contribution in [0.5, 0.6) is 5.75 Å². The van der Waals surface area contributed by atoms with Crippen molar-refractivity contribution in [1.82, 2.24) is 14.5 Å². The summed E-state index contributed by atoms with van der Waals surface area (Å²) in [4.78, 5) is 53.6. The van der Waals surface area contributed by atoms with Crippen LogP contribution in [-0.2, 0) is 9.53 Å². The van der Waals surface area contributed by atoms with E-state index in [1.807, 2.05) is 43.3 Å². The Morgan fingerprint density at radius 2 is 1.89 bits per heavy atom. The third-order valence-corrected chi connectivity index (χ3v) is 9.48. The summed E-state index contributed by atoms with van der Waals surface area (Å²) in [5.74, 6) is -0.0472. The molecule has 0 spiro atoms. The second kappa shape index (κ2) is 13.7. The fraction of sp³-hybridized carbons (Fsp3) is 0.206. The minimum Gasteiger partial charge on any atom is -0.496 e. The summed E-state index contributed by atoms with van der Waals surface area (Å²) in [7, 11) is 1.55. The maximum atomic E-state index is 14.4. The van der Waals surface area contributed by atoms with E-state index in [9.17, 15) is 19.7 Å². The molecule has 5 aromatic rings. The summed E-state index contributed by atoms with van der Waals surface area (Å²) in [6.45, 7) is 3.87. The molecule has 47 heavy (non-hydrogen) atoms. The molecule has 0 unspecified atom stereocenters. The summed E-state index contributed by atoms with van der Waals surface area (Å²) < 4.78 is 13.2. The number of carbonyl (C=O) groups excluding carboxylic acids is 1. The Labute approximate surface area is 277 Å². The van der Waals surface area contributed by atoms with Crippen LogP contribution < -0.4 is 19.6 Å². The van der Waals surface area contributed by atoms with Gasteiger partial charge in [0.25, 0.3) is 11.2 Å². The molecule has 11 nitrogen and oxygen atoms in total. The standard InChI is InChI=1S/C34H29N5O6S2/c1-4-9-23-29(32(41)45-5-2)30(28-22-11-7-6-10-21(22)13-14-25(28)44-3)38-31(40)27(47-34(38)37-23)19-20-12-15-26(24(18-20)39(42)43)46-33-35-16-8-17-36-33/h6-8,10-19,30H,4-5,9H2,1-3H3/b27-19+/t30-/m0/s1. The first kappa shape index (κ1) is 31.8. The molecule has 0 bridgehead atoms. The third kappa shape index (κ3) is 6.19. The first-order valence-electron chi connectivity index (χ1n) is 14.9. The molecule has 1 aliphatic heterocycles. The van der Waals surface area contributed by atoms with Crippen LogP contribution in [0.1, 0.15) is 43.9 Å². The van der Waals surface area contributed by atoms with Gasteiger partial charge in [0.15, 0.2) is 9.96 Å². The zero-order valence-corrected chi connectivity index (χ0v) is 27.3. The van der Waals surface area contributed by atoms with Gasteiger partial charge in [-0.05, 0) is 65.7 Å². The number of nitrogens with zero attached hydrogens (tertiary/aromatic N) is 5. The van der Waals surface area contributed by atoms with Crippen LogP contribution in [0, 0.1) is 10.1 Å². The number of fused-ring (bicyclic) bond motifs is 2. The van der Waals surface area contributed by atoms with E-state index < -0.39 is 22.5 Å². The van der Waals surface area contributed by atoms with E-state index in [1.165, 1.54) is 10.6 Å². The summed E-state index contributed by atoms with van der Waals surface area (Å²) in [5.41, 5.74) is 1.38. The second-order valence-electron chi connectivity index (χ2n) is 10.4. The number of aromatic nitrogens is 3. The van der Waals surface area contributed by atoms with Gasteiger partial charge >= 0.3 is 5.97 Å². The predicted octanol–water partition coefficient (Wildman–Crippen LogP) is 5.59. The van der Waals surface area contributed by atoms with Crippen LogP contribution in [0.2, 0.25) is 0 Å². The summed E-state index contributed by atoms with van der Waals surface area (Å²) in [6, 6.07) is 17.0. The van der Waals surface area contributed by atoms with Gasteiger partial charge in [-0.15, -0.1) is 0 Å². The van der Waals surface area contributed by atoms with E-state index >= 15 is 0 Å². The lowest BCUT2D eigenvalue weighted by molar-refractivity contribution is -0.387. The number of carbonyl (C=O) groups is 1. The lowest BCUT2D eigenvalue weighted by atomic mass is 9.90. The van der Waals surface area contributed by atoms with Gasteiger partial charge in [0, 0.05) is 24.0 Å². The van der Waals surface area contributed by atoms with Gasteiger partial charge in [-0.2, -0.15) is 0 Å². The van der Waals surface area contributed by atoms with Crippen molar-refractivity contribution in [1.29, 1.82) is 0 Å². The summed E-state index contributed by atoms with van der Waals surface area (Å²) >= 11 is 2.24. The Morgan fingerprint density at radius 3 is 2.62 bits per heavy atom. The highest BCUT2D eigenvalue weighted by molar-refractivity contribution is 7.99. The largest absolute Gasteiger partial charge is 0.496 e. The molecule has 0 aliphatic carbocycles. The first-order valence-corrected chi connectivity index (χ1v) is 16.5. The quantitative estimate of drug-likeness (QED) is 0.0807. The van der Waals surface area contributed by atoms with Crippen molar-refractivity contribution in [2.24, 2.45) is 4.99 Å². The minimum atomic E-state index is -0.894. The number of nitro groups is 1. The van der Waals surface area contributed by atoms with E-state index in [2.05, 4.69) is 9.97 Å². The number of hydrogen-bond acceptors (Lipinski definition) is 11. The van der Waals surface area contributed by atoms with E-state index in [0.717, 1.165) is 33.9 Å². The van der Waals surface area contributed by atoms with Crippen molar-refractivity contribution >= 4 is 51.6 Å². The van der Waals surface area contributed by atoms with Crippen molar-refractivity contribution in [2.75, 3.05) is 13.7 Å². The summed E-state index contributed by atoms with van der Waals surface area (Å²) in [6.07, 6.45) is 5.93. The molecule has 0 radical (unpaired) electrons. The predicted molar refractivity (Wildman–Crippen MR) is 179 cm³/mol. The molecular formula is C34H29N5O6S2. The number of benzene rings is 3. The van der Waals surface area contributed by atoms with Gasteiger partial charge in [0.2, 0.25) is 0 Å². The van der Waals surface area contributed by atoms with Crippen LogP contribution in [-0.4, -0.2) is 39.1 Å². The van der Waals surface area contributed by atoms with E-state index in [-0.39, 0.29) is 17.9 Å². The maximum absolute atomic E-state index is 14.4. The van der Waals surface area contributed by atoms with Crippen LogP contribution in [0.3, 0.4) is 0 Å². The number of rotatable bonds is 10. The molecule has 0 amide bonds. The molecule has 238 valence electrons. The van der Waals surface area contributed by atoms with Crippen LogP contribution in [0.15, 0.2) is 104 Å². The van der Waals surface area contributed by atoms with Gasteiger partial charge in [0.05, 0.1) is 39.3 Å². The average Bonchev–Trinajstić information content (AvgIpc) is 3.38. The number of ether oxygens (including phenoxy) is 2. The zero-order chi connectivity index (χ0) is 33.1. The highest BCUT2D eigenvalue weighted by Crippen LogP contribution is 2.41. The van der Waals surface area contributed by atoms with Gasteiger partial charge < -0.3 is 9.47 Å². The summed E-state index contributed by atoms with van der Waals surface area (Å²) in [5, 5.41) is 14.2.